The number of rotatable bonds is 3. The zero-order valence-corrected chi connectivity index (χ0v) is 10.3. The fourth-order valence-electron chi connectivity index (χ4n) is 1.61. The van der Waals surface area contributed by atoms with Crippen molar-refractivity contribution in [1.82, 2.24) is 10.2 Å². The van der Waals surface area contributed by atoms with Gasteiger partial charge < -0.3 is 8.83 Å². The van der Waals surface area contributed by atoms with Crippen LogP contribution >= 0.6 is 0 Å². The molecule has 0 unspecified atom stereocenters. The van der Waals surface area contributed by atoms with Crippen molar-refractivity contribution in [3.05, 3.63) is 54.0 Å². The van der Waals surface area contributed by atoms with Crippen LogP contribution in [0.4, 0.5) is 14.8 Å². The number of carbonyl (C=O) groups is 1. The highest BCUT2D eigenvalue weighted by Gasteiger charge is 2.16. The van der Waals surface area contributed by atoms with Crippen molar-refractivity contribution in [2.45, 2.75) is 0 Å². The lowest BCUT2D eigenvalue weighted by Gasteiger charge is -1.98. The first-order valence-electron chi connectivity index (χ1n) is 5.77. The van der Waals surface area contributed by atoms with E-state index in [0.717, 1.165) is 12.1 Å². The largest absolute Gasteiger partial charge is 0.459 e. The van der Waals surface area contributed by atoms with Crippen LogP contribution in [0, 0.1) is 11.6 Å². The summed E-state index contributed by atoms with van der Waals surface area (Å²) in [7, 11) is 0. The van der Waals surface area contributed by atoms with Gasteiger partial charge in [-0.1, -0.05) is 5.10 Å². The third-order valence-electron chi connectivity index (χ3n) is 2.55. The second-order valence-electron chi connectivity index (χ2n) is 3.97. The van der Waals surface area contributed by atoms with Gasteiger partial charge in [-0.05, 0) is 24.3 Å². The molecule has 0 aliphatic heterocycles. The standard InChI is InChI=1S/C13H7F2N3O3/c14-7-3-4-8(9(15)6-7)12-17-18-13(21-12)16-11(19)10-2-1-5-20-10/h1-6H,(H,16,18,19). The first-order chi connectivity index (χ1) is 10.1. The first kappa shape index (κ1) is 13.0. The van der Waals surface area contributed by atoms with Crippen molar-refractivity contribution < 1.29 is 22.4 Å². The number of halogens is 2. The van der Waals surface area contributed by atoms with Gasteiger partial charge in [0.2, 0.25) is 0 Å². The van der Waals surface area contributed by atoms with Crippen LogP contribution in [-0.4, -0.2) is 16.1 Å². The van der Waals surface area contributed by atoms with Gasteiger partial charge in [0.15, 0.2) is 5.76 Å². The number of aromatic nitrogens is 2. The minimum Gasteiger partial charge on any atom is -0.459 e. The molecule has 21 heavy (non-hydrogen) atoms. The summed E-state index contributed by atoms with van der Waals surface area (Å²) < 4.78 is 36.4. The lowest BCUT2D eigenvalue weighted by atomic mass is 10.2. The van der Waals surface area contributed by atoms with Crippen molar-refractivity contribution in [3.63, 3.8) is 0 Å². The van der Waals surface area contributed by atoms with Crippen molar-refractivity contribution in [2.24, 2.45) is 0 Å². The van der Waals surface area contributed by atoms with E-state index in [0.29, 0.717) is 6.07 Å². The van der Waals surface area contributed by atoms with Crippen LogP contribution in [0.15, 0.2) is 45.4 Å². The van der Waals surface area contributed by atoms with Gasteiger partial charge in [-0.25, -0.2) is 8.78 Å². The molecule has 0 aliphatic rings. The van der Waals surface area contributed by atoms with Gasteiger partial charge in [-0.15, -0.1) is 5.10 Å². The summed E-state index contributed by atoms with van der Waals surface area (Å²) in [6.07, 6.45) is 1.34. The lowest BCUT2D eigenvalue weighted by molar-refractivity contribution is 0.0994. The van der Waals surface area contributed by atoms with E-state index in [9.17, 15) is 13.6 Å². The van der Waals surface area contributed by atoms with Crippen LogP contribution < -0.4 is 5.32 Å². The van der Waals surface area contributed by atoms with Crippen molar-refractivity contribution in [1.29, 1.82) is 0 Å². The van der Waals surface area contributed by atoms with Crippen LogP contribution in [0.5, 0.6) is 0 Å². The fraction of sp³-hybridized carbons (Fsp3) is 0. The molecule has 1 N–H and O–H groups in total. The average Bonchev–Trinajstić information content (AvgIpc) is 3.09. The molecule has 8 heteroatoms. The zero-order chi connectivity index (χ0) is 14.8. The number of nitrogens with one attached hydrogen (secondary N) is 1. The van der Waals surface area contributed by atoms with E-state index < -0.39 is 17.5 Å². The van der Waals surface area contributed by atoms with E-state index in [1.165, 1.54) is 12.3 Å². The van der Waals surface area contributed by atoms with Gasteiger partial charge >= 0.3 is 6.01 Å². The number of benzene rings is 1. The molecule has 0 spiro atoms. The lowest BCUT2D eigenvalue weighted by Crippen LogP contribution is -2.10. The molecule has 1 amide bonds. The molecule has 3 rings (SSSR count). The Balaban J connectivity index is 1.82. The van der Waals surface area contributed by atoms with Gasteiger partial charge in [-0.2, -0.15) is 0 Å². The maximum atomic E-state index is 13.6. The zero-order valence-electron chi connectivity index (χ0n) is 10.3. The molecule has 6 nitrogen and oxygen atoms in total. The predicted octanol–water partition coefficient (Wildman–Crippen LogP) is 2.86. The molecule has 0 saturated heterocycles. The molecule has 1 aromatic carbocycles. The Kier molecular flexibility index (Phi) is 3.19. The highest BCUT2D eigenvalue weighted by molar-refractivity contribution is 6.00. The van der Waals surface area contributed by atoms with Crippen LogP contribution in [0.25, 0.3) is 11.5 Å². The predicted molar refractivity (Wildman–Crippen MR) is 66.3 cm³/mol. The second kappa shape index (κ2) is 5.16. The average molecular weight is 291 g/mol. The number of amides is 1. The van der Waals surface area contributed by atoms with Crippen molar-refractivity contribution in [2.75, 3.05) is 5.32 Å². The third kappa shape index (κ3) is 2.64. The molecule has 2 heterocycles. The summed E-state index contributed by atoms with van der Waals surface area (Å²) in [5.74, 6) is -2.27. The van der Waals surface area contributed by atoms with Crippen LogP contribution in [-0.2, 0) is 0 Å². The molecule has 0 bridgehead atoms. The number of carbonyl (C=O) groups excluding carboxylic acids is 1. The Labute approximate surface area is 116 Å². The quantitative estimate of drug-likeness (QED) is 0.802. The molecular formula is C13H7F2N3O3. The summed E-state index contributed by atoms with van der Waals surface area (Å²) in [5, 5.41) is 9.44. The van der Waals surface area contributed by atoms with E-state index in [2.05, 4.69) is 15.5 Å². The monoisotopic (exact) mass is 291 g/mol. The van der Waals surface area contributed by atoms with Gasteiger partial charge in [0.05, 0.1) is 11.8 Å². The summed E-state index contributed by atoms with van der Waals surface area (Å²) in [6, 6.07) is 5.68. The number of furan rings is 1. The number of hydrogen-bond acceptors (Lipinski definition) is 5. The van der Waals surface area contributed by atoms with E-state index in [1.807, 2.05) is 0 Å². The molecule has 106 valence electrons. The van der Waals surface area contributed by atoms with Gasteiger partial charge in [0, 0.05) is 6.07 Å². The van der Waals surface area contributed by atoms with Gasteiger partial charge in [-0.3, -0.25) is 10.1 Å². The first-order valence-corrected chi connectivity index (χ1v) is 5.77. The SMILES string of the molecule is O=C(Nc1nnc(-c2ccc(F)cc2F)o1)c1ccco1. The Morgan fingerprint density at radius 2 is 2.05 bits per heavy atom. The fourth-order valence-corrected chi connectivity index (χ4v) is 1.61. The molecule has 2 aromatic heterocycles. The molecule has 0 radical (unpaired) electrons. The second-order valence-corrected chi connectivity index (χ2v) is 3.97. The Hall–Kier alpha value is -3.03. The highest BCUT2D eigenvalue weighted by atomic mass is 19.1. The highest BCUT2D eigenvalue weighted by Crippen LogP contribution is 2.23. The number of nitrogens with zero attached hydrogens (tertiary/aromatic N) is 2. The summed E-state index contributed by atoms with van der Waals surface area (Å²) in [4.78, 5) is 11.7. The molecule has 0 atom stereocenters. The maximum absolute atomic E-state index is 13.6. The van der Waals surface area contributed by atoms with Crippen LogP contribution in [0.3, 0.4) is 0 Å². The summed E-state index contributed by atoms with van der Waals surface area (Å²) >= 11 is 0. The van der Waals surface area contributed by atoms with E-state index in [1.54, 1.807) is 6.07 Å². The molecule has 0 saturated carbocycles. The van der Waals surface area contributed by atoms with Crippen LogP contribution in [0.2, 0.25) is 0 Å². The van der Waals surface area contributed by atoms with E-state index >= 15 is 0 Å². The van der Waals surface area contributed by atoms with Crippen LogP contribution in [0.1, 0.15) is 10.6 Å². The minimum atomic E-state index is -0.845. The topological polar surface area (TPSA) is 81.2 Å². The van der Waals surface area contributed by atoms with Gasteiger partial charge in [0.25, 0.3) is 11.8 Å². The summed E-state index contributed by atoms with van der Waals surface area (Å²) in [6.45, 7) is 0. The molecule has 0 fully saturated rings. The molecule has 3 aromatic rings. The van der Waals surface area contributed by atoms with E-state index in [4.69, 9.17) is 8.83 Å². The maximum Gasteiger partial charge on any atom is 0.322 e. The number of hydrogen-bond donors (Lipinski definition) is 1. The van der Waals surface area contributed by atoms with Crippen molar-refractivity contribution in [3.8, 4) is 11.5 Å². The normalized spacial score (nSPS) is 10.6. The van der Waals surface area contributed by atoms with E-state index in [-0.39, 0.29) is 23.2 Å². The molecule has 0 aliphatic carbocycles. The Morgan fingerprint density at radius 3 is 2.76 bits per heavy atom. The number of anilines is 1. The smallest absolute Gasteiger partial charge is 0.322 e. The Bertz CT molecular complexity index is 784. The van der Waals surface area contributed by atoms with Gasteiger partial charge in [0.1, 0.15) is 11.6 Å². The minimum absolute atomic E-state index is 0.0581. The third-order valence-corrected chi connectivity index (χ3v) is 2.55. The summed E-state index contributed by atoms with van der Waals surface area (Å²) in [5.41, 5.74) is -0.0672. The Morgan fingerprint density at radius 1 is 1.19 bits per heavy atom. The van der Waals surface area contributed by atoms with Crippen molar-refractivity contribution >= 4 is 11.9 Å². The molecular weight excluding hydrogens is 284 g/mol.